The number of hydrogen-bond donors (Lipinski definition) is 2. The summed E-state index contributed by atoms with van der Waals surface area (Å²) in [5.41, 5.74) is -0.453. The first-order valence-electron chi connectivity index (χ1n) is 7.74. The van der Waals surface area contributed by atoms with Crippen molar-refractivity contribution < 1.29 is 14.6 Å². The SMILES string of the molecule is O=C(C(=C1NCCN1)c1ccc([N+](=O)[O-])cc1[N+](=O)[O-])c1ccccc1. The quantitative estimate of drug-likeness (QED) is 0.365. The molecule has 0 aromatic heterocycles. The summed E-state index contributed by atoms with van der Waals surface area (Å²) >= 11 is 0. The third-order valence-electron chi connectivity index (χ3n) is 3.90. The van der Waals surface area contributed by atoms with Gasteiger partial charge in [0.05, 0.1) is 27.0 Å². The Labute approximate surface area is 147 Å². The first kappa shape index (κ1) is 17.1. The van der Waals surface area contributed by atoms with E-state index in [0.29, 0.717) is 24.5 Å². The van der Waals surface area contributed by atoms with Crippen molar-refractivity contribution >= 4 is 22.7 Å². The van der Waals surface area contributed by atoms with Crippen LogP contribution >= 0.6 is 0 Å². The Bertz CT molecular complexity index is 916. The van der Waals surface area contributed by atoms with Gasteiger partial charge in [0.25, 0.3) is 11.4 Å². The first-order chi connectivity index (χ1) is 12.5. The van der Waals surface area contributed by atoms with Crippen LogP contribution in [0.3, 0.4) is 0 Å². The maximum atomic E-state index is 13.0. The highest BCUT2D eigenvalue weighted by Gasteiger charge is 2.29. The molecule has 2 N–H and O–H groups in total. The van der Waals surface area contributed by atoms with E-state index in [-0.39, 0.29) is 11.1 Å². The number of benzene rings is 2. The fourth-order valence-corrected chi connectivity index (χ4v) is 2.71. The van der Waals surface area contributed by atoms with Crippen LogP contribution in [0.2, 0.25) is 0 Å². The number of carbonyl (C=O) groups excluding carboxylic acids is 1. The number of nitro benzene ring substituents is 2. The molecule has 1 heterocycles. The molecule has 132 valence electrons. The van der Waals surface area contributed by atoms with E-state index in [1.807, 2.05) is 0 Å². The van der Waals surface area contributed by atoms with Gasteiger partial charge in [-0.1, -0.05) is 30.3 Å². The van der Waals surface area contributed by atoms with Gasteiger partial charge in [-0.25, -0.2) is 0 Å². The molecule has 2 aromatic carbocycles. The lowest BCUT2D eigenvalue weighted by atomic mass is 9.95. The van der Waals surface area contributed by atoms with Crippen LogP contribution in [-0.2, 0) is 0 Å². The van der Waals surface area contributed by atoms with Crippen molar-refractivity contribution in [2.45, 2.75) is 0 Å². The lowest BCUT2D eigenvalue weighted by Gasteiger charge is -2.12. The molecular formula is C17H14N4O5. The summed E-state index contributed by atoms with van der Waals surface area (Å²) in [5, 5.41) is 28.4. The standard InChI is InChI=1S/C17H14N4O5/c22-16(11-4-2-1-3-5-11)15(17-18-8-9-19-17)13-7-6-12(20(23)24)10-14(13)21(25)26/h1-7,10,18-19H,8-9H2. The summed E-state index contributed by atoms with van der Waals surface area (Å²) in [6, 6.07) is 11.6. The Morgan fingerprint density at radius 3 is 2.15 bits per heavy atom. The smallest absolute Gasteiger partial charge is 0.284 e. The van der Waals surface area contributed by atoms with Crippen molar-refractivity contribution in [3.8, 4) is 0 Å². The molecule has 1 aliphatic rings. The molecule has 0 spiro atoms. The van der Waals surface area contributed by atoms with Gasteiger partial charge in [-0.05, 0) is 6.07 Å². The van der Waals surface area contributed by atoms with Crippen molar-refractivity contribution in [3.63, 3.8) is 0 Å². The monoisotopic (exact) mass is 354 g/mol. The van der Waals surface area contributed by atoms with E-state index < -0.39 is 27.0 Å². The lowest BCUT2D eigenvalue weighted by Crippen LogP contribution is -2.18. The predicted octanol–water partition coefficient (Wildman–Crippen LogP) is 2.25. The molecule has 0 saturated carbocycles. The molecule has 1 saturated heterocycles. The molecular weight excluding hydrogens is 340 g/mol. The zero-order chi connectivity index (χ0) is 18.7. The van der Waals surface area contributed by atoms with E-state index in [4.69, 9.17) is 0 Å². The van der Waals surface area contributed by atoms with Gasteiger partial charge < -0.3 is 10.6 Å². The minimum absolute atomic E-state index is 0.0198. The van der Waals surface area contributed by atoms with E-state index in [1.54, 1.807) is 30.3 Å². The zero-order valence-corrected chi connectivity index (χ0v) is 13.5. The fraction of sp³-hybridized carbons (Fsp3) is 0.118. The third-order valence-corrected chi connectivity index (χ3v) is 3.90. The molecule has 0 unspecified atom stereocenters. The number of allylic oxidation sites excluding steroid dienone is 1. The molecule has 0 amide bonds. The summed E-state index contributed by atoms with van der Waals surface area (Å²) in [7, 11) is 0. The number of rotatable bonds is 5. The van der Waals surface area contributed by atoms with Crippen LogP contribution in [0.4, 0.5) is 11.4 Å². The van der Waals surface area contributed by atoms with E-state index in [2.05, 4.69) is 10.6 Å². The van der Waals surface area contributed by atoms with Crippen LogP contribution in [0, 0.1) is 20.2 Å². The van der Waals surface area contributed by atoms with Crippen LogP contribution in [-0.4, -0.2) is 28.7 Å². The molecule has 3 rings (SSSR count). The largest absolute Gasteiger partial charge is 0.370 e. The number of nitrogens with one attached hydrogen (secondary N) is 2. The highest BCUT2D eigenvalue weighted by molar-refractivity contribution is 6.30. The molecule has 0 radical (unpaired) electrons. The average Bonchev–Trinajstić information content (AvgIpc) is 3.16. The lowest BCUT2D eigenvalue weighted by molar-refractivity contribution is -0.394. The minimum Gasteiger partial charge on any atom is -0.370 e. The van der Waals surface area contributed by atoms with Crippen molar-refractivity contribution in [1.82, 2.24) is 10.6 Å². The van der Waals surface area contributed by atoms with E-state index in [0.717, 1.165) is 12.1 Å². The van der Waals surface area contributed by atoms with Crippen LogP contribution in [0.15, 0.2) is 54.4 Å². The second kappa shape index (κ2) is 7.01. The molecule has 9 nitrogen and oxygen atoms in total. The summed E-state index contributed by atoms with van der Waals surface area (Å²) in [4.78, 5) is 34.0. The Hall–Kier alpha value is -3.75. The van der Waals surface area contributed by atoms with E-state index in [1.165, 1.54) is 6.07 Å². The summed E-state index contributed by atoms with van der Waals surface area (Å²) in [6.07, 6.45) is 0. The van der Waals surface area contributed by atoms with Crippen LogP contribution < -0.4 is 10.6 Å². The number of nitro groups is 2. The number of nitrogens with zero attached hydrogens (tertiary/aromatic N) is 2. The van der Waals surface area contributed by atoms with Crippen LogP contribution in [0.1, 0.15) is 15.9 Å². The summed E-state index contributed by atoms with van der Waals surface area (Å²) in [6.45, 7) is 1.11. The molecule has 9 heteroatoms. The number of Topliss-reactive ketones (excluding diaryl/α,β-unsaturated/α-hetero) is 1. The highest BCUT2D eigenvalue weighted by atomic mass is 16.6. The second-order valence-electron chi connectivity index (χ2n) is 5.51. The van der Waals surface area contributed by atoms with Gasteiger partial charge in [-0.3, -0.25) is 25.0 Å². The number of carbonyl (C=O) groups is 1. The van der Waals surface area contributed by atoms with Gasteiger partial charge in [-0.2, -0.15) is 0 Å². The van der Waals surface area contributed by atoms with Gasteiger partial charge in [0, 0.05) is 24.7 Å². The maximum Gasteiger partial charge on any atom is 0.284 e. The number of non-ortho nitro benzene ring substituents is 1. The minimum atomic E-state index is -0.726. The molecule has 2 aromatic rings. The molecule has 1 aliphatic heterocycles. The third kappa shape index (κ3) is 3.22. The summed E-state index contributed by atoms with van der Waals surface area (Å²) < 4.78 is 0. The van der Waals surface area contributed by atoms with Crippen molar-refractivity contribution in [1.29, 1.82) is 0 Å². The zero-order valence-electron chi connectivity index (χ0n) is 13.5. The van der Waals surface area contributed by atoms with E-state index >= 15 is 0 Å². The predicted molar refractivity (Wildman–Crippen MR) is 93.4 cm³/mol. The fourth-order valence-electron chi connectivity index (χ4n) is 2.71. The van der Waals surface area contributed by atoms with E-state index in [9.17, 15) is 25.0 Å². The van der Waals surface area contributed by atoms with Crippen molar-refractivity contribution in [2.75, 3.05) is 13.1 Å². The van der Waals surface area contributed by atoms with Gasteiger partial charge in [0.1, 0.15) is 5.82 Å². The average molecular weight is 354 g/mol. The van der Waals surface area contributed by atoms with Gasteiger partial charge in [0.15, 0.2) is 5.78 Å². The van der Waals surface area contributed by atoms with Gasteiger partial charge in [-0.15, -0.1) is 0 Å². The normalized spacial score (nSPS) is 12.8. The van der Waals surface area contributed by atoms with Crippen LogP contribution in [0.25, 0.3) is 5.57 Å². The molecule has 1 fully saturated rings. The van der Waals surface area contributed by atoms with Gasteiger partial charge in [0.2, 0.25) is 0 Å². The van der Waals surface area contributed by atoms with Gasteiger partial charge >= 0.3 is 0 Å². The maximum absolute atomic E-state index is 13.0. The Morgan fingerprint density at radius 1 is 0.923 bits per heavy atom. The Morgan fingerprint density at radius 2 is 1.58 bits per heavy atom. The topological polar surface area (TPSA) is 127 Å². The molecule has 0 atom stereocenters. The molecule has 0 aliphatic carbocycles. The highest BCUT2D eigenvalue weighted by Crippen LogP contribution is 2.33. The first-order valence-corrected chi connectivity index (χ1v) is 7.74. The summed E-state index contributed by atoms with van der Waals surface area (Å²) in [5.74, 6) is -0.0461. The Kier molecular flexibility index (Phi) is 4.61. The van der Waals surface area contributed by atoms with Crippen molar-refractivity contribution in [2.24, 2.45) is 0 Å². The number of hydrogen-bond acceptors (Lipinski definition) is 7. The second-order valence-corrected chi connectivity index (χ2v) is 5.51. The Balaban J connectivity index is 2.21. The number of ketones is 1. The molecule has 26 heavy (non-hydrogen) atoms. The van der Waals surface area contributed by atoms with Crippen LogP contribution in [0.5, 0.6) is 0 Å². The van der Waals surface area contributed by atoms with Crippen molar-refractivity contribution in [3.05, 3.63) is 85.7 Å². The molecule has 0 bridgehead atoms.